The van der Waals surface area contributed by atoms with Crippen molar-refractivity contribution < 1.29 is 22.7 Å². The van der Waals surface area contributed by atoms with Gasteiger partial charge < -0.3 is 10.1 Å². The van der Waals surface area contributed by atoms with Crippen LogP contribution in [0.5, 0.6) is 0 Å². The molecule has 0 aliphatic rings. The smallest absolute Gasteiger partial charge is 0.321 e. The standard InChI is InChI=1S/C20H24N2O5S/c1-14-9-10-18(11-15(14)2)28(25,26)22-13-19(23)27-16(3)20(24)21-12-17-7-5-4-6-8-17/h4-11,16,22H,12-13H2,1-3H3,(H,21,24)/t16-/m1/s1. The van der Waals surface area contributed by atoms with Crippen molar-refractivity contribution in [1.82, 2.24) is 10.0 Å². The number of carbonyl (C=O) groups is 2. The van der Waals surface area contributed by atoms with Crippen LogP contribution in [0.4, 0.5) is 0 Å². The molecule has 0 bridgehead atoms. The van der Waals surface area contributed by atoms with E-state index in [2.05, 4.69) is 10.0 Å². The van der Waals surface area contributed by atoms with Gasteiger partial charge in [0.1, 0.15) is 6.54 Å². The van der Waals surface area contributed by atoms with Crippen molar-refractivity contribution in [2.24, 2.45) is 0 Å². The Bertz CT molecular complexity index is 942. The number of esters is 1. The summed E-state index contributed by atoms with van der Waals surface area (Å²) < 4.78 is 31.7. The lowest BCUT2D eigenvalue weighted by Crippen LogP contribution is -2.38. The highest BCUT2D eigenvalue weighted by atomic mass is 32.2. The van der Waals surface area contributed by atoms with E-state index in [4.69, 9.17) is 4.74 Å². The van der Waals surface area contributed by atoms with Crippen molar-refractivity contribution in [2.45, 2.75) is 38.3 Å². The van der Waals surface area contributed by atoms with Crippen LogP contribution in [0.25, 0.3) is 0 Å². The Morgan fingerprint density at radius 3 is 2.36 bits per heavy atom. The van der Waals surface area contributed by atoms with Crippen LogP contribution in [0.3, 0.4) is 0 Å². The summed E-state index contributed by atoms with van der Waals surface area (Å²) >= 11 is 0. The highest BCUT2D eigenvalue weighted by Gasteiger charge is 2.20. The maximum atomic E-state index is 12.3. The van der Waals surface area contributed by atoms with Gasteiger partial charge in [0, 0.05) is 6.54 Å². The molecule has 1 amide bonds. The average molecular weight is 404 g/mol. The number of nitrogens with one attached hydrogen (secondary N) is 2. The van der Waals surface area contributed by atoms with Gasteiger partial charge in [-0.15, -0.1) is 0 Å². The Kier molecular flexibility index (Phi) is 7.31. The number of hydrogen-bond donors (Lipinski definition) is 2. The maximum Gasteiger partial charge on any atom is 0.321 e. The minimum Gasteiger partial charge on any atom is -0.452 e. The second-order valence-corrected chi connectivity index (χ2v) is 8.17. The molecule has 7 nitrogen and oxygen atoms in total. The lowest BCUT2D eigenvalue weighted by atomic mass is 10.1. The van der Waals surface area contributed by atoms with Gasteiger partial charge in [-0.1, -0.05) is 36.4 Å². The van der Waals surface area contributed by atoms with E-state index in [0.29, 0.717) is 6.54 Å². The molecule has 2 aromatic rings. The summed E-state index contributed by atoms with van der Waals surface area (Å²) in [5, 5.41) is 2.66. The summed E-state index contributed by atoms with van der Waals surface area (Å²) in [4.78, 5) is 24.0. The molecule has 0 fully saturated rings. The van der Waals surface area contributed by atoms with E-state index in [1.807, 2.05) is 37.3 Å². The minimum atomic E-state index is -3.85. The summed E-state index contributed by atoms with van der Waals surface area (Å²) in [6.45, 7) is 4.85. The molecule has 0 radical (unpaired) electrons. The van der Waals surface area contributed by atoms with E-state index in [1.165, 1.54) is 19.1 Å². The van der Waals surface area contributed by atoms with E-state index in [-0.39, 0.29) is 4.90 Å². The van der Waals surface area contributed by atoms with Crippen LogP contribution in [-0.4, -0.2) is 32.9 Å². The first-order chi connectivity index (χ1) is 13.2. The molecule has 0 saturated carbocycles. The molecule has 0 aliphatic carbocycles. The fraction of sp³-hybridized carbons (Fsp3) is 0.300. The van der Waals surface area contributed by atoms with Crippen molar-refractivity contribution in [3.05, 3.63) is 65.2 Å². The van der Waals surface area contributed by atoms with E-state index in [1.54, 1.807) is 13.0 Å². The molecule has 2 rings (SSSR count). The summed E-state index contributed by atoms with van der Waals surface area (Å²) in [7, 11) is -3.85. The maximum absolute atomic E-state index is 12.3. The third-order valence-electron chi connectivity index (χ3n) is 4.18. The number of amides is 1. The number of rotatable bonds is 8. The van der Waals surface area contributed by atoms with E-state index >= 15 is 0 Å². The highest BCUT2D eigenvalue weighted by Crippen LogP contribution is 2.14. The van der Waals surface area contributed by atoms with Crippen LogP contribution in [0.1, 0.15) is 23.6 Å². The Morgan fingerprint density at radius 1 is 1.04 bits per heavy atom. The van der Waals surface area contributed by atoms with Crippen LogP contribution in [0.2, 0.25) is 0 Å². The van der Waals surface area contributed by atoms with Crippen molar-refractivity contribution in [3.63, 3.8) is 0 Å². The molecule has 8 heteroatoms. The van der Waals surface area contributed by atoms with Crippen LogP contribution in [0, 0.1) is 13.8 Å². The van der Waals surface area contributed by atoms with Gasteiger partial charge in [-0.2, -0.15) is 4.72 Å². The third-order valence-corrected chi connectivity index (χ3v) is 5.58. The van der Waals surface area contributed by atoms with Gasteiger partial charge in [0.05, 0.1) is 4.90 Å². The average Bonchev–Trinajstić information content (AvgIpc) is 2.67. The van der Waals surface area contributed by atoms with Crippen LogP contribution >= 0.6 is 0 Å². The van der Waals surface area contributed by atoms with E-state index < -0.39 is 34.5 Å². The molecule has 28 heavy (non-hydrogen) atoms. The predicted molar refractivity (Wildman–Crippen MR) is 105 cm³/mol. The quantitative estimate of drug-likeness (QED) is 0.654. The van der Waals surface area contributed by atoms with Gasteiger partial charge in [0.15, 0.2) is 6.10 Å². The van der Waals surface area contributed by atoms with Gasteiger partial charge in [0.2, 0.25) is 10.0 Å². The lowest BCUT2D eigenvalue weighted by Gasteiger charge is -2.14. The molecule has 0 unspecified atom stereocenters. The molecule has 2 N–H and O–H groups in total. The summed E-state index contributed by atoms with van der Waals surface area (Å²) in [6.07, 6.45) is -1.04. The number of ether oxygens (including phenoxy) is 1. The van der Waals surface area contributed by atoms with Gasteiger partial charge in [0.25, 0.3) is 5.91 Å². The molecule has 0 spiro atoms. The molecule has 0 aromatic heterocycles. The number of sulfonamides is 1. The molecule has 1 atom stereocenters. The Hall–Kier alpha value is -2.71. The zero-order chi connectivity index (χ0) is 20.7. The van der Waals surface area contributed by atoms with Crippen molar-refractivity contribution >= 4 is 21.9 Å². The predicted octanol–water partition coefficient (Wildman–Crippen LogP) is 1.83. The molecular weight excluding hydrogens is 380 g/mol. The fourth-order valence-corrected chi connectivity index (χ4v) is 3.39. The topological polar surface area (TPSA) is 102 Å². The molecule has 2 aromatic carbocycles. The summed E-state index contributed by atoms with van der Waals surface area (Å²) in [5.74, 6) is -1.30. The van der Waals surface area contributed by atoms with Gasteiger partial charge in [-0.3, -0.25) is 9.59 Å². The monoisotopic (exact) mass is 404 g/mol. The second-order valence-electron chi connectivity index (χ2n) is 6.41. The van der Waals surface area contributed by atoms with Gasteiger partial charge in [-0.25, -0.2) is 8.42 Å². The highest BCUT2D eigenvalue weighted by molar-refractivity contribution is 7.89. The van der Waals surface area contributed by atoms with Crippen LogP contribution < -0.4 is 10.0 Å². The molecular formula is C20H24N2O5S. The first kappa shape index (κ1) is 21.6. The largest absolute Gasteiger partial charge is 0.452 e. The molecule has 150 valence electrons. The summed E-state index contributed by atoms with van der Waals surface area (Å²) in [5.41, 5.74) is 2.71. The Balaban J connectivity index is 1.83. The number of hydrogen-bond acceptors (Lipinski definition) is 5. The zero-order valence-electron chi connectivity index (χ0n) is 16.1. The number of aryl methyl sites for hydroxylation is 2. The summed E-state index contributed by atoms with van der Waals surface area (Å²) in [6, 6.07) is 14.0. The normalized spacial score (nSPS) is 12.2. The SMILES string of the molecule is Cc1ccc(S(=O)(=O)NCC(=O)O[C@H](C)C(=O)NCc2ccccc2)cc1C. The molecule has 0 saturated heterocycles. The van der Waals surface area contributed by atoms with Crippen LogP contribution in [-0.2, 0) is 30.9 Å². The number of benzene rings is 2. The molecule has 0 heterocycles. The van der Waals surface area contributed by atoms with Gasteiger partial charge >= 0.3 is 5.97 Å². The zero-order valence-corrected chi connectivity index (χ0v) is 16.9. The van der Waals surface area contributed by atoms with E-state index in [0.717, 1.165) is 16.7 Å². The third kappa shape index (κ3) is 6.17. The van der Waals surface area contributed by atoms with Crippen molar-refractivity contribution in [3.8, 4) is 0 Å². The lowest BCUT2D eigenvalue weighted by molar-refractivity contribution is -0.153. The Morgan fingerprint density at radius 2 is 1.71 bits per heavy atom. The second kappa shape index (κ2) is 9.48. The van der Waals surface area contributed by atoms with E-state index in [9.17, 15) is 18.0 Å². The first-order valence-electron chi connectivity index (χ1n) is 8.77. The fourth-order valence-electron chi connectivity index (χ4n) is 2.34. The van der Waals surface area contributed by atoms with Gasteiger partial charge in [-0.05, 0) is 49.6 Å². The van der Waals surface area contributed by atoms with Crippen LogP contribution in [0.15, 0.2) is 53.4 Å². The Labute approximate surface area is 165 Å². The molecule has 0 aliphatic heterocycles. The first-order valence-corrected chi connectivity index (χ1v) is 10.3. The van der Waals surface area contributed by atoms with Crippen molar-refractivity contribution in [2.75, 3.05) is 6.54 Å². The van der Waals surface area contributed by atoms with Crippen molar-refractivity contribution in [1.29, 1.82) is 0 Å². The number of carbonyl (C=O) groups excluding carboxylic acids is 2. The minimum absolute atomic E-state index is 0.0667.